The number of nitrogens with one attached hydrogen (secondary N) is 2. The minimum Gasteiger partial charge on any atom is -0.302 e. The Balaban J connectivity index is 1.60. The van der Waals surface area contributed by atoms with Crippen LogP contribution in [0.5, 0.6) is 0 Å². The molecule has 2 aromatic carbocycles. The van der Waals surface area contributed by atoms with Crippen molar-refractivity contribution in [2.45, 2.75) is 19.8 Å². The van der Waals surface area contributed by atoms with Gasteiger partial charge in [0.25, 0.3) is 0 Å². The third-order valence-corrected chi connectivity index (χ3v) is 5.73. The van der Waals surface area contributed by atoms with Gasteiger partial charge in [-0.25, -0.2) is 9.37 Å². The Morgan fingerprint density at radius 1 is 1.35 bits per heavy atom. The number of carbonyl (C=O) groups excluding carboxylic acids is 1. The highest BCUT2D eigenvalue weighted by molar-refractivity contribution is 7.22. The predicted molar refractivity (Wildman–Crippen MR) is 101 cm³/mol. The molecule has 0 aliphatic heterocycles. The van der Waals surface area contributed by atoms with E-state index in [0.717, 1.165) is 39.6 Å². The number of rotatable bonds is 3. The van der Waals surface area contributed by atoms with Crippen LogP contribution in [-0.2, 0) is 4.79 Å². The number of anilines is 1. The average molecular weight is 366 g/mol. The molecule has 0 bridgehead atoms. The first-order valence-corrected chi connectivity index (χ1v) is 9.26. The van der Waals surface area contributed by atoms with Crippen molar-refractivity contribution in [2.24, 2.45) is 5.92 Å². The van der Waals surface area contributed by atoms with E-state index in [1.165, 1.54) is 17.4 Å². The summed E-state index contributed by atoms with van der Waals surface area (Å²) in [5, 5.41) is 11.3. The first-order valence-electron chi connectivity index (χ1n) is 8.44. The molecule has 5 nitrogen and oxygen atoms in total. The Hall–Kier alpha value is -2.80. The van der Waals surface area contributed by atoms with Crippen molar-refractivity contribution in [1.29, 1.82) is 0 Å². The summed E-state index contributed by atoms with van der Waals surface area (Å²) in [6.07, 6.45) is 3.64. The van der Waals surface area contributed by atoms with E-state index in [9.17, 15) is 9.18 Å². The second-order valence-corrected chi connectivity index (χ2v) is 7.69. The maximum absolute atomic E-state index is 14.3. The number of carbonyl (C=O) groups is 1. The monoisotopic (exact) mass is 366 g/mol. The van der Waals surface area contributed by atoms with E-state index < -0.39 is 0 Å². The predicted octanol–water partition coefficient (Wildman–Crippen LogP) is 4.64. The molecule has 7 heteroatoms. The van der Waals surface area contributed by atoms with Crippen molar-refractivity contribution in [2.75, 3.05) is 5.32 Å². The van der Waals surface area contributed by atoms with E-state index >= 15 is 0 Å². The fourth-order valence-corrected chi connectivity index (χ4v) is 4.13. The van der Waals surface area contributed by atoms with Gasteiger partial charge < -0.3 is 5.32 Å². The molecule has 1 aliphatic rings. The van der Waals surface area contributed by atoms with Crippen molar-refractivity contribution in [3.8, 4) is 11.1 Å². The van der Waals surface area contributed by atoms with Crippen LogP contribution in [0.3, 0.4) is 0 Å². The van der Waals surface area contributed by atoms with Gasteiger partial charge in [0.15, 0.2) is 5.13 Å². The molecule has 0 saturated heterocycles. The van der Waals surface area contributed by atoms with Gasteiger partial charge in [-0.05, 0) is 54.7 Å². The van der Waals surface area contributed by atoms with E-state index in [0.29, 0.717) is 16.2 Å². The molecule has 0 atom stereocenters. The molecule has 130 valence electrons. The number of benzene rings is 2. The Kier molecular flexibility index (Phi) is 3.33. The second-order valence-electron chi connectivity index (χ2n) is 6.65. The zero-order valence-electron chi connectivity index (χ0n) is 14.0. The number of hydrogen-bond acceptors (Lipinski definition) is 4. The van der Waals surface area contributed by atoms with E-state index in [-0.39, 0.29) is 17.6 Å². The maximum atomic E-state index is 14.3. The minimum absolute atomic E-state index is 0.0466. The Labute approximate surface area is 152 Å². The minimum atomic E-state index is -0.265. The van der Waals surface area contributed by atoms with Crippen molar-refractivity contribution in [3.63, 3.8) is 0 Å². The molecule has 0 radical (unpaired) electrons. The number of hydrogen-bond donors (Lipinski definition) is 2. The van der Waals surface area contributed by atoms with Gasteiger partial charge in [0.1, 0.15) is 5.82 Å². The smallest absolute Gasteiger partial charge is 0.229 e. The van der Waals surface area contributed by atoms with E-state index in [1.807, 2.05) is 18.2 Å². The number of aromatic nitrogens is 3. The number of H-pyrrole nitrogens is 1. The number of amides is 1. The molecule has 2 aromatic heterocycles. The Morgan fingerprint density at radius 3 is 3.00 bits per heavy atom. The third kappa shape index (κ3) is 2.47. The lowest BCUT2D eigenvalue weighted by Gasteiger charge is -2.09. The molecule has 0 unspecified atom stereocenters. The van der Waals surface area contributed by atoms with Crippen LogP contribution in [0.25, 0.3) is 32.2 Å². The molecule has 1 fully saturated rings. The normalized spacial score (nSPS) is 14.2. The van der Waals surface area contributed by atoms with Crippen molar-refractivity contribution < 1.29 is 9.18 Å². The molecular formula is C19H15FN4OS. The van der Waals surface area contributed by atoms with Gasteiger partial charge in [0.05, 0.1) is 21.9 Å². The summed E-state index contributed by atoms with van der Waals surface area (Å²) in [6, 6.07) is 7.30. The average Bonchev–Trinajstić information content (AvgIpc) is 3.25. The van der Waals surface area contributed by atoms with Gasteiger partial charge >= 0.3 is 0 Å². The molecule has 4 aromatic rings. The summed E-state index contributed by atoms with van der Waals surface area (Å²) in [4.78, 5) is 16.4. The highest BCUT2D eigenvalue weighted by Gasteiger charge is 2.30. The van der Waals surface area contributed by atoms with Crippen LogP contribution in [0, 0.1) is 18.7 Å². The van der Waals surface area contributed by atoms with E-state index in [4.69, 9.17) is 0 Å². The quantitative estimate of drug-likeness (QED) is 0.555. The first-order chi connectivity index (χ1) is 12.6. The molecular weight excluding hydrogens is 351 g/mol. The van der Waals surface area contributed by atoms with Crippen LogP contribution >= 0.6 is 11.3 Å². The first kappa shape index (κ1) is 15.5. The molecule has 1 saturated carbocycles. The molecule has 2 heterocycles. The molecule has 1 aliphatic carbocycles. The number of nitrogens with zero attached hydrogens (tertiary/aromatic N) is 2. The van der Waals surface area contributed by atoms with Crippen LogP contribution in [0.15, 0.2) is 30.5 Å². The Morgan fingerprint density at radius 2 is 2.19 bits per heavy atom. The van der Waals surface area contributed by atoms with Crippen LogP contribution in [-0.4, -0.2) is 21.1 Å². The van der Waals surface area contributed by atoms with Gasteiger partial charge in [-0.2, -0.15) is 5.10 Å². The molecule has 1 amide bonds. The van der Waals surface area contributed by atoms with Crippen molar-refractivity contribution >= 4 is 43.5 Å². The lowest BCUT2D eigenvalue weighted by atomic mass is 9.96. The van der Waals surface area contributed by atoms with Gasteiger partial charge in [-0.15, -0.1) is 0 Å². The summed E-state index contributed by atoms with van der Waals surface area (Å²) >= 11 is 1.44. The lowest BCUT2D eigenvalue weighted by molar-refractivity contribution is -0.117. The molecule has 5 rings (SSSR count). The number of aromatic amines is 1. The van der Waals surface area contributed by atoms with Crippen LogP contribution < -0.4 is 5.32 Å². The number of fused-ring (bicyclic) bond motifs is 2. The van der Waals surface area contributed by atoms with Crippen molar-refractivity contribution in [3.05, 3.63) is 41.8 Å². The fourth-order valence-electron chi connectivity index (χ4n) is 3.22. The largest absolute Gasteiger partial charge is 0.302 e. The second kappa shape index (κ2) is 5.60. The fraction of sp³-hybridized carbons (Fsp3) is 0.211. The summed E-state index contributed by atoms with van der Waals surface area (Å²) < 4.78 is 15.3. The summed E-state index contributed by atoms with van der Waals surface area (Å²) in [7, 11) is 0. The summed E-state index contributed by atoms with van der Waals surface area (Å²) in [5.41, 5.74) is 3.81. The zero-order valence-corrected chi connectivity index (χ0v) is 14.8. The highest BCUT2D eigenvalue weighted by Crippen LogP contribution is 2.37. The van der Waals surface area contributed by atoms with Crippen LogP contribution in [0.2, 0.25) is 0 Å². The van der Waals surface area contributed by atoms with Gasteiger partial charge in [-0.3, -0.25) is 9.89 Å². The number of thiazole rings is 1. The lowest BCUT2D eigenvalue weighted by Crippen LogP contribution is -2.12. The zero-order chi connectivity index (χ0) is 17.8. The molecule has 26 heavy (non-hydrogen) atoms. The topological polar surface area (TPSA) is 70.7 Å². The summed E-state index contributed by atoms with van der Waals surface area (Å²) in [6.45, 7) is 1.77. The van der Waals surface area contributed by atoms with Gasteiger partial charge in [0, 0.05) is 11.3 Å². The van der Waals surface area contributed by atoms with E-state index in [2.05, 4.69) is 20.5 Å². The molecule has 2 N–H and O–H groups in total. The Bertz CT molecular complexity index is 1180. The van der Waals surface area contributed by atoms with Crippen molar-refractivity contribution in [1.82, 2.24) is 15.2 Å². The summed E-state index contributed by atoms with van der Waals surface area (Å²) in [5.74, 6) is -0.0780. The van der Waals surface area contributed by atoms with Crippen LogP contribution in [0.4, 0.5) is 9.52 Å². The maximum Gasteiger partial charge on any atom is 0.229 e. The molecule has 0 spiro atoms. The van der Waals surface area contributed by atoms with Crippen LogP contribution in [0.1, 0.15) is 18.4 Å². The van der Waals surface area contributed by atoms with Gasteiger partial charge in [0.2, 0.25) is 5.91 Å². The van der Waals surface area contributed by atoms with Gasteiger partial charge in [-0.1, -0.05) is 17.4 Å². The van der Waals surface area contributed by atoms with E-state index in [1.54, 1.807) is 13.1 Å². The third-order valence-electron chi connectivity index (χ3n) is 4.80. The highest BCUT2D eigenvalue weighted by atomic mass is 32.1. The SMILES string of the molecule is Cc1c(F)cc2[nH]ncc2c1-c1ccc2nc(NC(=O)C3CC3)sc2c1. The standard InChI is InChI=1S/C19H15FN4OS/c1-9-13(20)7-15-12(8-21-24-15)17(9)11-4-5-14-16(6-11)26-19(22-14)23-18(25)10-2-3-10/h4-8,10H,2-3H2,1H3,(H,21,24)(H,22,23,25). The number of halogens is 1.